The number of hydrogen-bond donors (Lipinski definition) is 1. The van der Waals surface area contributed by atoms with Crippen molar-refractivity contribution in [3.63, 3.8) is 0 Å². The number of nitrogens with one attached hydrogen (secondary N) is 1. The van der Waals surface area contributed by atoms with Crippen LogP contribution in [0.15, 0.2) is 60.7 Å². The lowest BCUT2D eigenvalue weighted by Gasteiger charge is -2.53. The Hall–Kier alpha value is -2.93. The molecule has 8 rings (SSSR count). The van der Waals surface area contributed by atoms with Crippen LogP contribution in [-0.4, -0.2) is 113 Å². The first kappa shape index (κ1) is 38.0. The predicted molar refractivity (Wildman–Crippen MR) is 212 cm³/mol. The van der Waals surface area contributed by atoms with Gasteiger partial charge in [-0.3, -0.25) is 14.6 Å². The molecular formula is C42H55ClN4O6S. The Morgan fingerprint density at radius 2 is 1.98 bits per heavy atom. The van der Waals surface area contributed by atoms with Crippen molar-refractivity contribution in [2.24, 2.45) is 11.8 Å². The summed E-state index contributed by atoms with van der Waals surface area (Å²) in [7, 11) is -4.06. The van der Waals surface area contributed by atoms with E-state index < -0.39 is 26.8 Å². The van der Waals surface area contributed by atoms with Gasteiger partial charge in [-0.2, -0.15) is 0 Å². The van der Waals surface area contributed by atoms with Crippen LogP contribution in [-0.2, 0) is 31.3 Å². The van der Waals surface area contributed by atoms with Gasteiger partial charge in [0.15, 0.2) is 0 Å². The van der Waals surface area contributed by atoms with Crippen LogP contribution in [0, 0.1) is 11.8 Å². The normalized spacial score (nSPS) is 33.6. The van der Waals surface area contributed by atoms with Gasteiger partial charge in [-0.25, -0.2) is 13.1 Å². The van der Waals surface area contributed by atoms with Crippen LogP contribution in [0.5, 0.6) is 5.75 Å². The number of aryl methyl sites for hydroxylation is 1. The molecule has 0 unspecified atom stereocenters. The van der Waals surface area contributed by atoms with Crippen molar-refractivity contribution < 1.29 is 27.4 Å². The zero-order chi connectivity index (χ0) is 37.7. The average molecular weight is 779 g/mol. The fraction of sp³-hybridized carbons (Fsp3) is 0.595. The van der Waals surface area contributed by atoms with E-state index in [0.717, 1.165) is 95.3 Å². The zero-order valence-electron chi connectivity index (χ0n) is 31.7. The number of rotatable bonds is 4. The van der Waals surface area contributed by atoms with Gasteiger partial charge in [-0.1, -0.05) is 42.0 Å². The fourth-order valence-corrected chi connectivity index (χ4v) is 11.4. The number of morpholine rings is 1. The van der Waals surface area contributed by atoms with E-state index in [4.69, 9.17) is 25.8 Å². The molecule has 4 aliphatic heterocycles. The molecule has 1 N–H and O–H groups in total. The maximum Gasteiger partial charge on any atom is 0.264 e. The quantitative estimate of drug-likeness (QED) is 0.398. The number of halogens is 1. The number of sulfonamides is 1. The molecule has 1 amide bonds. The van der Waals surface area contributed by atoms with Crippen molar-refractivity contribution in [3.05, 3.63) is 82.4 Å². The SMILES string of the molecule is C=C1C/C=C/[C@](CN2CCN3CCOC[C@@H]3C2)(OCC)[C@@H]2CC[C@H]2CN2C[C@@]3(CCCc4cc(Cl)ccc43)COc3ccc(cc32)C(=O)NS(=O)(=O)[C@@H]1C. The molecule has 1 spiro atoms. The number of piperazine rings is 1. The molecule has 6 aliphatic rings. The van der Waals surface area contributed by atoms with Gasteiger partial charge in [0.25, 0.3) is 5.91 Å². The Bertz CT molecular complexity index is 1910. The number of carbonyl (C=O) groups excluding carboxylic acids is 1. The molecular weight excluding hydrogens is 724 g/mol. The van der Waals surface area contributed by atoms with Crippen LogP contribution in [0.2, 0.25) is 5.02 Å². The van der Waals surface area contributed by atoms with E-state index in [9.17, 15) is 13.2 Å². The molecule has 292 valence electrons. The highest BCUT2D eigenvalue weighted by atomic mass is 35.5. The lowest BCUT2D eigenvalue weighted by Crippen LogP contribution is -2.62. The van der Waals surface area contributed by atoms with Crippen LogP contribution in [0.25, 0.3) is 0 Å². The van der Waals surface area contributed by atoms with Crippen LogP contribution in [0.1, 0.15) is 67.4 Å². The average Bonchev–Trinajstić information content (AvgIpc) is 3.29. The summed E-state index contributed by atoms with van der Waals surface area (Å²) in [5.41, 5.74) is 3.30. The molecule has 2 aromatic rings. The molecule has 0 aromatic heterocycles. The number of fused-ring (bicyclic) bond motifs is 5. The van der Waals surface area contributed by atoms with E-state index in [2.05, 4.69) is 57.2 Å². The van der Waals surface area contributed by atoms with E-state index >= 15 is 0 Å². The molecule has 2 aromatic carbocycles. The topological polar surface area (TPSA) is 101 Å². The molecule has 2 saturated heterocycles. The second-order valence-electron chi connectivity index (χ2n) is 16.5. The first-order valence-corrected chi connectivity index (χ1v) is 21.8. The Kier molecular flexibility index (Phi) is 10.7. The molecule has 3 fully saturated rings. The minimum atomic E-state index is -4.06. The summed E-state index contributed by atoms with van der Waals surface area (Å²) < 4.78 is 49.2. The standard InChI is InChI=1S/C42H55ClN4O6S/c1-4-53-42(27-45-17-18-46-19-20-51-25-35(46)24-45)16-5-7-29(2)30(3)54(49,50)44-40(48)32-10-14-39-38(22-32)47(23-33-9-12-37(33)42)26-41(28-52-39)15-6-8-31-21-34(43)11-13-36(31)41/h5,10-11,13-14,16,21-22,30,33,35,37H,2,4,6-9,12,15,17-20,23-28H2,1,3H3,(H,44,48)/b16-5+/t30-,33+,35+,37-,41+,42-/m1/s1. The molecule has 4 heterocycles. The van der Waals surface area contributed by atoms with Crippen molar-refractivity contribution >= 4 is 33.2 Å². The first-order chi connectivity index (χ1) is 26.0. The Morgan fingerprint density at radius 3 is 2.80 bits per heavy atom. The van der Waals surface area contributed by atoms with Crippen molar-refractivity contribution in [1.82, 2.24) is 14.5 Å². The van der Waals surface area contributed by atoms with Gasteiger partial charge in [-0.05, 0) is 106 Å². The molecule has 12 heteroatoms. The van der Waals surface area contributed by atoms with Gasteiger partial charge in [0.2, 0.25) is 10.0 Å². The number of anilines is 1. The van der Waals surface area contributed by atoms with Gasteiger partial charge in [0.05, 0.1) is 30.8 Å². The summed E-state index contributed by atoms with van der Waals surface area (Å²) in [6.45, 7) is 16.5. The van der Waals surface area contributed by atoms with Gasteiger partial charge in [-0.15, -0.1) is 0 Å². The molecule has 54 heavy (non-hydrogen) atoms. The molecule has 10 nitrogen and oxygen atoms in total. The number of ether oxygens (including phenoxy) is 3. The monoisotopic (exact) mass is 778 g/mol. The molecule has 2 aliphatic carbocycles. The minimum Gasteiger partial charge on any atom is -0.490 e. The van der Waals surface area contributed by atoms with E-state index in [1.54, 1.807) is 13.0 Å². The van der Waals surface area contributed by atoms with Crippen molar-refractivity contribution in [1.29, 1.82) is 0 Å². The number of nitrogens with zero attached hydrogens (tertiary/aromatic N) is 3. The van der Waals surface area contributed by atoms with Crippen molar-refractivity contribution in [2.75, 3.05) is 77.1 Å². The summed E-state index contributed by atoms with van der Waals surface area (Å²) in [5, 5.41) is -0.232. The fourth-order valence-electron chi connectivity index (χ4n) is 10.1. The number of benzene rings is 2. The molecule has 1 saturated carbocycles. The third-order valence-electron chi connectivity index (χ3n) is 13.3. The predicted octanol–water partition coefficient (Wildman–Crippen LogP) is 5.60. The highest BCUT2D eigenvalue weighted by Gasteiger charge is 2.50. The highest BCUT2D eigenvalue weighted by molar-refractivity contribution is 7.90. The van der Waals surface area contributed by atoms with E-state index in [0.29, 0.717) is 49.5 Å². The summed E-state index contributed by atoms with van der Waals surface area (Å²) in [6.07, 6.45) is 9.71. The highest BCUT2D eigenvalue weighted by Crippen LogP contribution is 2.49. The molecule has 2 bridgehead atoms. The minimum absolute atomic E-state index is 0.226. The first-order valence-electron chi connectivity index (χ1n) is 19.9. The number of carbonyl (C=O) groups is 1. The third-order valence-corrected chi connectivity index (χ3v) is 15.2. The molecule has 6 atom stereocenters. The van der Waals surface area contributed by atoms with Crippen molar-refractivity contribution in [2.45, 2.75) is 74.7 Å². The largest absolute Gasteiger partial charge is 0.490 e. The van der Waals surface area contributed by atoms with Gasteiger partial charge in [0.1, 0.15) is 11.4 Å². The van der Waals surface area contributed by atoms with Crippen LogP contribution in [0.3, 0.4) is 0 Å². The van der Waals surface area contributed by atoms with Crippen LogP contribution < -0.4 is 14.4 Å². The summed E-state index contributed by atoms with van der Waals surface area (Å²) in [5.74, 6) is 0.584. The lowest BCUT2D eigenvalue weighted by atomic mass is 9.63. The van der Waals surface area contributed by atoms with Crippen molar-refractivity contribution in [3.8, 4) is 5.75 Å². The second-order valence-corrected chi connectivity index (χ2v) is 18.9. The Balaban J connectivity index is 1.20. The van der Waals surface area contributed by atoms with E-state index in [1.807, 2.05) is 18.2 Å². The Labute approximate surface area is 325 Å². The number of allylic oxidation sites excluding steroid dienone is 1. The second kappa shape index (κ2) is 15.2. The van der Waals surface area contributed by atoms with Crippen LogP contribution >= 0.6 is 11.6 Å². The van der Waals surface area contributed by atoms with Gasteiger partial charge < -0.3 is 19.1 Å². The molecule has 0 radical (unpaired) electrons. The van der Waals surface area contributed by atoms with Gasteiger partial charge >= 0.3 is 0 Å². The van der Waals surface area contributed by atoms with Crippen LogP contribution in [0.4, 0.5) is 5.69 Å². The summed E-state index contributed by atoms with van der Waals surface area (Å²) in [6, 6.07) is 12.0. The van der Waals surface area contributed by atoms with Gasteiger partial charge in [0, 0.05) is 74.5 Å². The summed E-state index contributed by atoms with van der Waals surface area (Å²) in [4.78, 5) is 21.2. The third kappa shape index (κ3) is 7.25. The summed E-state index contributed by atoms with van der Waals surface area (Å²) >= 11 is 6.51. The van der Waals surface area contributed by atoms with E-state index in [1.165, 1.54) is 11.1 Å². The Morgan fingerprint density at radius 1 is 1.11 bits per heavy atom. The zero-order valence-corrected chi connectivity index (χ0v) is 33.3. The number of hydrogen-bond acceptors (Lipinski definition) is 9. The smallest absolute Gasteiger partial charge is 0.264 e. The maximum absolute atomic E-state index is 13.7. The lowest BCUT2D eigenvalue weighted by molar-refractivity contribution is -0.121. The van der Waals surface area contributed by atoms with E-state index in [-0.39, 0.29) is 16.9 Å². The number of amides is 1. The maximum atomic E-state index is 13.7.